The number of aliphatic carboxylic acids is 1. The van der Waals surface area contributed by atoms with Crippen LogP contribution in [0.3, 0.4) is 0 Å². The molecule has 1 heterocycles. The summed E-state index contributed by atoms with van der Waals surface area (Å²) < 4.78 is 33.7. The minimum Gasteiger partial charge on any atom is -0.481 e. The average Bonchev–Trinajstić information content (AvgIpc) is 2.32. The third-order valence-electron chi connectivity index (χ3n) is 3.47. The molecule has 0 bridgehead atoms. The number of hydrogen-bond acceptors (Lipinski definition) is 3. The summed E-state index contributed by atoms with van der Waals surface area (Å²) in [6, 6.07) is 4.04. The molecule has 1 atom stereocenters. The van der Waals surface area contributed by atoms with Crippen LogP contribution in [0.15, 0.2) is 18.2 Å². The van der Waals surface area contributed by atoms with Gasteiger partial charge in [-0.05, 0) is 44.0 Å². The lowest BCUT2D eigenvalue weighted by Crippen LogP contribution is -2.60. The highest BCUT2D eigenvalue weighted by atomic mass is 32.2. The second kappa shape index (κ2) is 6.06. The number of carboxylic acids is 1. The largest absolute Gasteiger partial charge is 0.481 e. The lowest BCUT2D eigenvalue weighted by atomic mass is 9.84. The Hall–Kier alpha value is -1.31. The minimum atomic E-state index is -1.35. The quantitative estimate of drug-likeness (QED) is 0.863. The summed E-state index contributed by atoms with van der Waals surface area (Å²) in [5.74, 6) is -1.54. The smallest absolute Gasteiger partial charge is 0.307 e. The number of rotatable bonds is 5. The fourth-order valence-electron chi connectivity index (χ4n) is 2.24. The summed E-state index contributed by atoms with van der Waals surface area (Å²) in [5.41, 5.74) is 0.255. The Morgan fingerprint density at radius 1 is 1.45 bits per heavy atom. The molecule has 0 aromatic heterocycles. The van der Waals surface area contributed by atoms with Gasteiger partial charge in [-0.25, -0.2) is 13.3 Å². The van der Waals surface area contributed by atoms with E-state index in [1.807, 2.05) is 20.8 Å². The van der Waals surface area contributed by atoms with Gasteiger partial charge in [-0.15, -0.1) is 0 Å². The molecule has 1 unspecified atom stereocenters. The van der Waals surface area contributed by atoms with Crippen molar-refractivity contribution in [3.05, 3.63) is 35.1 Å². The molecule has 1 aromatic rings. The van der Waals surface area contributed by atoms with Gasteiger partial charge in [-0.2, -0.15) is 0 Å². The maximum absolute atomic E-state index is 13.5. The van der Waals surface area contributed by atoms with Gasteiger partial charge in [0.15, 0.2) is 0 Å². The maximum atomic E-state index is 13.5. The molecule has 1 fully saturated rings. The second-order valence-corrected chi connectivity index (χ2v) is 8.40. The number of nitrogens with one attached hydrogen (secondary N) is 1. The average molecular weight is 329 g/mol. The molecule has 0 aliphatic carbocycles. The monoisotopic (exact) mass is 329 g/mol. The normalized spacial score (nSPS) is 18.5. The van der Waals surface area contributed by atoms with E-state index in [2.05, 4.69) is 4.72 Å². The predicted octanol–water partition coefficient (Wildman–Crippen LogP) is 1.73. The molecule has 0 radical (unpaired) electrons. The van der Waals surface area contributed by atoms with Crippen molar-refractivity contribution < 1.29 is 23.2 Å². The van der Waals surface area contributed by atoms with E-state index in [0.29, 0.717) is 11.1 Å². The minimum absolute atomic E-state index is 0.271. The van der Waals surface area contributed by atoms with E-state index in [0.717, 1.165) is 0 Å². The number of halogens is 1. The molecule has 1 saturated heterocycles. The topological polar surface area (TPSA) is 75.6 Å². The zero-order chi connectivity index (χ0) is 16.5. The Morgan fingerprint density at radius 2 is 2.09 bits per heavy atom. The summed E-state index contributed by atoms with van der Waals surface area (Å²) in [5, 5.41) is 9.02. The first-order valence-corrected chi connectivity index (χ1v) is 8.07. The highest BCUT2D eigenvalue weighted by Gasteiger charge is 2.44. The van der Waals surface area contributed by atoms with Crippen molar-refractivity contribution in [1.82, 2.24) is 4.72 Å². The Labute approximate surface area is 131 Å². The van der Waals surface area contributed by atoms with Crippen molar-refractivity contribution in [3.63, 3.8) is 0 Å². The summed E-state index contributed by atoms with van der Waals surface area (Å²) in [4.78, 5) is 11.0. The predicted molar refractivity (Wildman–Crippen MR) is 81.3 cm³/mol. The van der Waals surface area contributed by atoms with Crippen molar-refractivity contribution in [3.8, 4) is 0 Å². The number of carboxylic acid groups (broad SMARTS) is 1. The number of ether oxygens (including phenoxy) is 1. The molecule has 0 amide bonds. The van der Waals surface area contributed by atoms with Crippen molar-refractivity contribution >= 4 is 17.0 Å². The van der Waals surface area contributed by atoms with E-state index in [9.17, 15) is 13.4 Å². The molecule has 7 heteroatoms. The Kier molecular flexibility index (Phi) is 4.70. The zero-order valence-electron chi connectivity index (χ0n) is 12.8. The number of benzene rings is 1. The third kappa shape index (κ3) is 3.53. The first kappa shape index (κ1) is 17.1. The molecule has 2 rings (SSSR count). The van der Waals surface area contributed by atoms with Gasteiger partial charge in [-0.3, -0.25) is 4.79 Å². The standard InChI is InChI=1S/C15H20FNO4S/c1-14(2,3)22(20)17-15(8-21-9-15)12-5-4-11(16)6-10(12)7-13(18)19/h4-6,17H,7-9H2,1-3H3,(H,18,19). The van der Waals surface area contributed by atoms with Crippen LogP contribution >= 0.6 is 0 Å². The summed E-state index contributed by atoms with van der Waals surface area (Å²) in [6.45, 7) is 6.06. The summed E-state index contributed by atoms with van der Waals surface area (Å²) in [7, 11) is -1.35. The van der Waals surface area contributed by atoms with E-state index in [1.54, 1.807) is 6.07 Å². The van der Waals surface area contributed by atoms with Crippen molar-refractivity contribution in [2.45, 2.75) is 37.5 Å². The van der Waals surface area contributed by atoms with E-state index in [4.69, 9.17) is 9.84 Å². The van der Waals surface area contributed by atoms with Crippen molar-refractivity contribution in [2.75, 3.05) is 13.2 Å². The molecule has 0 saturated carbocycles. The van der Waals surface area contributed by atoms with Gasteiger partial charge in [0.25, 0.3) is 0 Å². The van der Waals surface area contributed by atoms with Crippen LogP contribution in [0.5, 0.6) is 0 Å². The molecule has 122 valence electrons. The first-order valence-electron chi connectivity index (χ1n) is 6.92. The Balaban J connectivity index is 2.39. The third-order valence-corrected chi connectivity index (χ3v) is 5.15. The van der Waals surface area contributed by atoms with Crippen LogP contribution in [-0.4, -0.2) is 33.2 Å². The molecule has 22 heavy (non-hydrogen) atoms. The zero-order valence-corrected chi connectivity index (χ0v) is 13.6. The molecular weight excluding hydrogens is 309 g/mol. The van der Waals surface area contributed by atoms with Gasteiger partial charge in [-0.1, -0.05) is 6.07 Å². The fraction of sp³-hybridized carbons (Fsp3) is 0.533. The van der Waals surface area contributed by atoms with Gasteiger partial charge in [0.1, 0.15) is 11.4 Å². The van der Waals surface area contributed by atoms with E-state index >= 15 is 0 Å². The van der Waals surface area contributed by atoms with E-state index in [-0.39, 0.29) is 19.6 Å². The number of carbonyl (C=O) groups is 1. The molecule has 5 nitrogen and oxygen atoms in total. The maximum Gasteiger partial charge on any atom is 0.307 e. The molecule has 1 aliphatic heterocycles. The molecule has 2 N–H and O–H groups in total. The second-order valence-electron chi connectivity index (χ2n) is 6.43. The van der Waals surface area contributed by atoms with Crippen LogP contribution in [0, 0.1) is 5.82 Å². The Morgan fingerprint density at radius 3 is 2.55 bits per heavy atom. The van der Waals surface area contributed by atoms with Gasteiger partial charge < -0.3 is 9.84 Å². The number of hydrogen-bond donors (Lipinski definition) is 2. The van der Waals surface area contributed by atoms with Gasteiger partial charge in [0.2, 0.25) is 0 Å². The van der Waals surface area contributed by atoms with Gasteiger partial charge in [0, 0.05) is 0 Å². The van der Waals surface area contributed by atoms with Crippen LogP contribution < -0.4 is 4.72 Å². The molecule has 1 aromatic carbocycles. The molecular formula is C15H20FNO4S. The van der Waals surface area contributed by atoms with Crippen LogP contribution in [0.1, 0.15) is 31.9 Å². The van der Waals surface area contributed by atoms with Crippen LogP contribution in [0.25, 0.3) is 0 Å². The first-order chi connectivity index (χ1) is 10.1. The lowest BCUT2D eigenvalue weighted by molar-refractivity contribution is -0.136. The van der Waals surface area contributed by atoms with Crippen LogP contribution in [0.2, 0.25) is 0 Å². The van der Waals surface area contributed by atoms with Gasteiger partial charge in [0.05, 0.1) is 35.4 Å². The Bertz CT molecular complexity index is 608. The van der Waals surface area contributed by atoms with Gasteiger partial charge >= 0.3 is 5.97 Å². The van der Waals surface area contributed by atoms with E-state index in [1.165, 1.54) is 12.1 Å². The molecule has 1 aliphatic rings. The van der Waals surface area contributed by atoms with Crippen LogP contribution in [0.4, 0.5) is 4.39 Å². The highest BCUT2D eigenvalue weighted by molar-refractivity contribution is 7.84. The molecule has 0 spiro atoms. The van der Waals surface area contributed by atoms with Crippen molar-refractivity contribution in [1.29, 1.82) is 0 Å². The highest BCUT2D eigenvalue weighted by Crippen LogP contribution is 2.34. The lowest BCUT2D eigenvalue weighted by Gasteiger charge is -2.44. The van der Waals surface area contributed by atoms with Crippen molar-refractivity contribution in [2.24, 2.45) is 0 Å². The fourth-order valence-corrected chi connectivity index (χ4v) is 3.13. The SMILES string of the molecule is CC(C)(C)S(=O)NC1(c2ccc(F)cc2CC(=O)O)COC1. The summed E-state index contributed by atoms with van der Waals surface area (Å²) in [6.07, 6.45) is -0.293. The van der Waals surface area contributed by atoms with E-state index < -0.39 is 33.1 Å². The van der Waals surface area contributed by atoms with Crippen LogP contribution in [-0.2, 0) is 32.5 Å². The summed E-state index contributed by atoms with van der Waals surface area (Å²) >= 11 is 0.